The standard InChI is InChI=1S/C32H28ClN3O2S2/c33-27-14-8-7-11-24(27)20-38-26-17-15-22(16-18-26)19-29-30(37)36(25-12-5-2-6-13-25)32(40-29)35-31-34-28(21-39-31)23-9-3-1-4-10-23/h1,3-4,7-11,14-19,21,25H,2,5-6,12-13,20H2/b29-19-,35-32+. The van der Waals surface area contributed by atoms with Gasteiger partial charge in [0.25, 0.3) is 5.91 Å². The lowest BCUT2D eigenvalue weighted by Gasteiger charge is -2.30. The fraction of sp³-hybridized carbons (Fsp3) is 0.219. The Morgan fingerprint density at radius 2 is 1.73 bits per heavy atom. The van der Waals surface area contributed by atoms with Gasteiger partial charge in [0.2, 0.25) is 5.13 Å². The molecule has 1 aromatic heterocycles. The number of benzene rings is 3. The van der Waals surface area contributed by atoms with Crippen LogP contribution in [0.25, 0.3) is 17.3 Å². The van der Waals surface area contributed by atoms with Crippen molar-refractivity contribution in [1.82, 2.24) is 9.88 Å². The van der Waals surface area contributed by atoms with Crippen LogP contribution in [0, 0.1) is 0 Å². The fourth-order valence-corrected chi connectivity index (χ4v) is 6.94. The van der Waals surface area contributed by atoms with Crippen LogP contribution in [-0.2, 0) is 11.4 Å². The molecule has 0 spiro atoms. The maximum atomic E-state index is 13.7. The first-order valence-electron chi connectivity index (χ1n) is 13.4. The van der Waals surface area contributed by atoms with E-state index in [1.807, 2.05) is 95.2 Å². The number of amides is 1. The number of carbonyl (C=O) groups is 1. The summed E-state index contributed by atoms with van der Waals surface area (Å²) < 4.78 is 5.92. The molecule has 1 aliphatic heterocycles. The summed E-state index contributed by atoms with van der Waals surface area (Å²) in [6.45, 7) is 0.396. The number of hydrogen-bond donors (Lipinski definition) is 0. The molecule has 4 aromatic rings. The summed E-state index contributed by atoms with van der Waals surface area (Å²) in [5.74, 6) is 0.770. The van der Waals surface area contributed by atoms with Crippen molar-refractivity contribution in [2.45, 2.75) is 44.8 Å². The van der Waals surface area contributed by atoms with Crippen LogP contribution in [0.3, 0.4) is 0 Å². The molecule has 1 aliphatic carbocycles. The van der Waals surface area contributed by atoms with Gasteiger partial charge in [-0.05, 0) is 54.4 Å². The second-order valence-corrected chi connectivity index (χ2v) is 12.1. The quantitative estimate of drug-likeness (QED) is 0.203. The molecular weight excluding hydrogens is 558 g/mol. The number of nitrogens with zero attached hydrogens (tertiary/aromatic N) is 3. The van der Waals surface area contributed by atoms with Crippen LogP contribution in [-0.4, -0.2) is 27.0 Å². The Kier molecular flexibility index (Phi) is 8.32. The molecule has 0 radical (unpaired) electrons. The first-order chi connectivity index (χ1) is 19.6. The number of amidine groups is 1. The van der Waals surface area contributed by atoms with Crippen LogP contribution in [0.1, 0.15) is 43.2 Å². The van der Waals surface area contributed by atoms with Gasteiger partial charge in [0.1, 0.15) is 12.4 Å². The van der Waals surface area contributed by atoms with E-state index in [-0.39, 0.29) is 11.9 Å². The van der Waals surface area contributed by atoms with E-state index in [1.54, 1.807) is 0 Å². The first kappa shape index (κ1) is 26.8. The van der Waals surface area contributed by atoms with E-state index in [2.05, 4.69) is 0 Å². The van der Waals surface area contributed by atoms with Gasteiger partial charge >= 0.3 is 0 Å². The fourth-order valence-electron chi connectivity index (χ4n) is 4.95. The van der Waals surface area contributed by atoms with Crippen LogP contribution in [0.2, 0.25) is 5.02 Å². The third kappa shape index (κ3) is 6.17. The molecule has 2 fully saturated rings. The van der Waals surface area contributed by atoms with Gasteiger partial charge in [-0.15, -0.1) is 11.3 Å². The zero-order chi connectivity index (χ0) is 27.3. The average molecular weight is 586 g/mol. The molecule has 3 aromatic carbocycles. The Morgan fingerprint density at radius 1 is 0.975 bits per heavy atom. The second-order valence-electron chi connectivity index (χ2n) is 9.80. The molecule has 202 valence electrons. The van der Waals surface area contributed by atoms with Crippen molar-refractivity contribution < 1.29 is 9.53 Å². The minimum Gasteiger partial charge on any atom is -0.489 e. The van der Waals surface area contributed by atoms with Crippen LogP contribution >= 0.6 is 34.7 Å². The van der Waals surface area contributed by atoms with Crippen LogP contribution < -0.4 is 4.74 Å². The Hall–Kier alpha value is -3.39. The van der Waals surface area contributed by atoms with E-state index in [1.165, 1.54) is 29.5 Å². The molecule has 5 nitrogen and oxygen atoms in total. The highest BCUT2D eigenvalue weighted by Gasteiger charge is 2.38. The lowest BCUT2D eigenvalue weighted by molar-refractivity contribution is -0.124. The summed E-state index contributed by atoms with van der Waals surface area (Å²) in [6.07, 6.45) is 7.44. The van der Waals surface area contributed by atoms with Crippen molar-refractivity contribution in [2.75, 3.05) is 0 Å². The van der Waals surface area contributed by atoms with Crippen LogP contribution in [0.15, 0.2) is 94.1 Å². The summed E-state index contributed by atoms with van der Waals surface area (Å²) in [4.78, 5) is 25.9. The molecular formula is C32H28ClN3O2S2. The molecule has 8 heteroatoms. The summed E-state index contributed by atoms with van der Waals surface area (Å²) in [5, 5.41) is 4.09. The smallest absolute Gasteiger partial charge is 0.267 e. The predicted molar refractivity (Wildman–Crippen MR) is 166 cm³/mol. The van der Waals surface area contributed by atoms with Gasteiger partial charge in [-0.25, -0.2) is 4.98 Å². The molecule has 0 N–H and O–H groups in total. The molecule has 1 saturated heterocycles. The lowest BCUT2D eigenvalue weighted by atomic mass is 9.94. The highest BCUT2D eigenvalue weighted by molar-refractivity contribution is 8.18. The molecule has 1 amide bonds. The third-order valence-corrected chi connectivity index (χ3v) is 9.15. The number of thiazole rings is 1. The summed E-state index contributed by atoms with van der Waals surface area (Å²) in [5.41, 5.74) is 3.83. The summed E-state index contributed by atoms with van der Waals surface area (Å²) >= 11 is 9.18. The van der Waals surface area contributed by atoms with E-state index >= 15 is 0 Å². The van der Waals surface area contributed by atoms with Crippen LogP contribution in [0.4, 0.5) is 5.13 Å². The SMILES string of the molecule is O=C1/C(=C/c2ccc(OCc3ccccc3Cl)cc2)S/C(=N/c2nc(-c3ccccc3)cs2)N1C1CCCCC1. The molecule has 2 aliphatic rings. The highest BCUT2D eigenvalue weighted by atomic mass is 35.5. The Balaban J connectivity index is 1.22. The molecule has 2 heterocycles. The number of aliphatic imine (C=N–C) groups is 1. The van der Waals surface area contributed by atoms with Gasteiger partial charge in [0, 0.05) is 27.6 Å². The van der Waals surface area contributed by atoms with Gasteiger partial charge in [0.05, 0.1) is 10.6 Å². The topological polar surface area (TPSA) is 54.8 Å². The maximum Gasteiger partial charge on any atom is 0.267 e. The zero-order valence-electron chi connectivity index (χ0n) is 21.8. The summed E-state index contributed by atoms with van der Waals surface area (Å²) in [6, 6.07) is 25.7. The molecule has 0 unspecified atom stereocenters. The molecule has 0 atom stereocenters. The van der Waals surface area contributed by atoms with Crippen molar-refractivity contribution in [1.29, 1.82) is 0 Å². The largest absolute Gasteiger partial charge is 0.489 e. The van der Waals surface area contributed by atoms with Crippen molar-refractivity contribution in [3.05, 3.63) is 105 Å². The normalized spacial score (nSPS) is 18.1. The minimum absolute atomic E-state index is 0.0227. The minimum atomic E-state index is 0.0227. The van der Waals surface area contributed by atoms with E-state index in [4.69, 9.17) is 26.3 Å². The van der Waals surface area contributed by atoms with E-state index in [0.29, 0.717) is 21.7 Å². The van der Waals surface area contributed by atoms with Crippen molar-refractivity contribution in [3.8, 4) is 17.0 Å². The monoisotopic (exact) mass is 585 g/mol. The van der Waals surface area contributed by atoms with E-state index in [0.717, 1.165) is 59.0 Å². The number of rotatable bonds is 7. The van der Waals surface area contributed by atoms with Crippen LogP contribution in [0.5, 0.6) is 5.75 Å². The van der Waals surface area contributed by atoms with E-state index < -0.39 is 0 Å². The van der Waals surface area contributed by atoms with Crippen molar-refractivity contribution in [2.24, 2.45) is 4.99 Å². The van der Waals surface area contributed by atoms with Gasteiger partial charge in [-0.3, -0.25) is 9.69 Å². The molecule has 1 saturated carbocycles. The van der Waals surface area contributed by atoms with Crippen molar-refractivity contribution >= 4 is 57.0 Å². The zero-order valence-corrected chi connectivity index (χ0v) is 24.2. The Morgan fingerprint density at radius 3 is 2.50 bits per heavy atom. The first-order valence-corrected chi connectivity index (χ1v) is 15.5. The number of aromatic nitrogens is 1. The molecule has 6 rings (SSSR count). The number of hydrogen-bond acceptors (Lipinski definition) is 6. The number of ether oxygens (including phenoxy) is 1. The van der Waals surface area contributed by atoms with Gasteiger partial charge in [-0.2, -0.15) is 4.99 Å². The van der Waals surface area contributed by atoms with Gasteiger partial charge in [-0.1, -0.05) is 91.5 Å². The lowest BCUT2D eigenvalue weighted by Crippen LogP contribution is -2.40. The van der Waals surface area contributed by atoms with Crippen molar-refractivity contribution in [3.63, 3.8) is 0 Å². The Bertz CT molecular complexity index is 1540. The summed E-state index contributed by atoms with van der Waals surface area (Å²) in [7, 11) is 0. The average Bonchev–Trinajstić information content (AvgIpc) is 3.58. The third-order valence-electron chi connectivity index (χ3n) is 7.06. The number of carbonyl (C=O) groups excluding carboxylic acids is 1. The van der Waals surface area contributed by atoms with Gasteiger partial charge in [0.15, 0.2) is 5.17 Å². The van der Waals surface area contributed by atoms with E-state index in [9.17, 15) is 4.79 Å². The highest BCUT2D eigenvalue weighted by Crippen LogP contribution is 2.39. The molecule has 0 bridgehead atoms. The maximum absolute atomic E-state index is 13.7. The van der Waals surface area contributed by atoms with Gasteiger partial charge < -0.3 is 4.74 Å². The Labute approximate surface area is 247 Å². The number of thioether (sulfide) groups is 1. The number of halogens is 1. The second kappa shape index (κ2) is 12.4. The predicted octanol–water partition coefficient (Wildman–Crippen LogP) is 8.98. The molecule has 40 heavy (non-hydrogen) atoms.